The van der Waals surface area contributed by atoms with E-state index < -0.39 is 5.41 Å². The van der Waals surface area contributed by atoms with E-state index in [0.717, 1.165) is 32.1 Å². The van der Waals surface area contributed by atoms with Gasteiger partial charge in [0.2, 0.25) is 5.91 Å². The van der Waals surface area contributed by atoms with Crippen LogP contribution in [-0.4, -0.2) is 17.4 Å². The van der Waals surface area contributed by atoms with E-state index in [4.69, 9.17) is 18.0 Å². The fourth-order valence-electron chi connectivity index (χ4n) is 2.49. The Balaban J connectivity index is 1.88. The van der Waals surface area contributed by atoms with Crippen molar-refractivity contribution in [2.45, 2.75) is 32.1 Å². The highest BCUT2D eigenvalue weighted by Crippen LogP contribution is 2.38. The van der Waals surface area contributed by atoms with Crippen molar-refractivity contribution in [2.75, 3.05) is 6.54 Å². The minimum Gasteiger partial charge on any atom is -0.392 e. The zero-order valence-electron chi connectivity index (χ0n) is 10.3. The van der Waals surface area contributed by atoms with Gasteiger partial charge in [-0.05, 0) is 41.7 Å². The number of thiophene rings is 1. The maximum absolute atomic E-state index is 12.3. The molecule has 3 N–H and O–H groups in total. The Morgan fingerprint density at radius 2 is 2.22 bits per heavy atom. The molecule has 1 heterocycles. The second-order valence-corrected chi connectivity index (χ2v) is 6.01. The van der Waals surface area contributed by atoms with Gasteiger partial charge in [-0.25, -0.2) is 0 Å². The molecule has 0 radical (unpaired) electrons. The van der Waals surface area contributed by atoms with Crippen LogP contribution >= 0.6 is 23.6 Å². The Kier molecular flexibility index (Phi) is 4.35. The SMILES string of the molecule is NC(=S)C1(C(=O)NCCc2ccsc2)CCCC1. The predicted octanol–water partition coefficient (Wildman–Crippen LogP) is 2.25. The molecule has 0 saturated heterocycles. The van der Waals surface area contributed by atoms with Crippen LogP contribution in [-0.2, 0) is 11.2 Å². The van der Waals surface area contributed by atoms with Crippen molar-refractivity contribution < 1.29 is 4.79 Å². The number of amides is 1. The Hall–Kier alpha value is -0.940. The summed E-state index contributed by atoms with van der Waals surface area (Å²) in [4.78, 5) is 12.6. The van der Waals surface area contributed by atoms with Crippen molar-refractivity contribution in [1.29, 1.82) is 0 Å². The molecular formula is C13H18N2OS2. The predicted molar refractivity (Wildman–Crippen MR) is 78.7 cm³/mol. The smallest absolute Gasteiger partial charge is 0.233 e. The summed E-state index contributed by atoms with van der Waals surface area (Å²) in [6.45, 7) is 0.653. The summed E-state index contributed by atoms with van der Waals surface area (Å²) in [7, 11) is 0. The molecule has 0 aromatic carbocycles. The molecule has 1 aromatic heterocycles. The van der Waals surface area contributed by atoms with E-state index in [9.17, 15) is 4.79 Å². The first-order valence-corrected chi connectivity index (χ1v) is 7.59. The Morgan fingerprint density at radius 3 is 2.78 bits per heavy atom. The number of hydrogen-bond donors (Lipinski definition) is 2. The standard InChI is InChI=1S/C13H18N2OS2/c14-11(17)13(5-1-2-6-13)12(16)15-7-3-10-4-8-18-9-10/h4,8-9H,1-3,5-7H2,(H2,14,17)(H,15,16). The van der Waals surface area contributed by atoms with Crippen LogP contribution in [0, 0.1) is 5.41 Å². The van der Waals surface area contributed by atoms with Crippen molar-refractivity contribution in [3.05, 3.63) is 22.4 Å². The van der Waals surface area contributed by atoms with Gasteiger partial charge in [-0.3, -0.25) is 4.79 Å². The van der Waals surface area contributed by atoms with E-state index in [2.05, 4.69) is 16.8 Å². The molecule has 18 heavy (non-hydrogen) atoms. The highest BCUT2D eigenvalue weighted by Gasteiger charge is 2.43. The van der Waals surface area contributed by atoms with Crippen LogP contribution in [0.15, 0.2) is 16.8 Å². The Labute approximate surface area is 117 Å². The third-order valence-corrected chi connectivity index (χ3v) is 4.77. The summed E-state index contributed by atoms with van der Waals surface area (Å²) in [6, 6.07) is 2.08. The molecule has 1 aliphatic carbocycles. The van der Waals surface area contributed by atoms with Crippen LogP contribution in [0.1, 0.15) is 31.2 Å². The van der Waals surface area contributed by atoms with Crippen molar-refractivity contribution in [3.8, 4) is 0 Å². The zero-order chi connectivity index (χ0) is 13.0. The van der Waals surface area contributed by atoms with Gasteiger partial charge in [0.15, 0.2) is 0 Å². The van der Waals surface area contributed by atoms with Crippen molar-refractivity contribution >= 4 is 34.5 Å². The van der Waals surface area contributed by atoms with Gasteiger partial charge in [0.05, 0.1) is 10.4 Å². The lowest BCUT2D eigenvalue weighted by atomic mass is 9.85. The number of rotatable bonds is 5. The van der Waals surface area contributed by atoms with Gasteiger partial charge >= 0.3 is 0 Å². The lowest BCUT2D eigenvalue weighted by Gasteiger charge is -2.26. The van der Waals surface area contributed by atoms with Crippen LogP contribution in [0.5, 0.6) is 0 Å². The molecule has 1 fully saturated rings. The van der Waals surface area contributed by atoms with Crippen LogP contribution in [0.3, 0.4) is 0 Å². The van der Waals surface area contributed by atoms with Crippen molar-refractivity contribution in [1.82, 2.24) is 5.32 Å². The minimum atomic E-state index is -0.579. The molecular weight excluding hydrogens is 264 g/mol. The fraction of sp³-hybridized carbons (Fsp3) is 0.538. The first kappa shape index (κ1) is 13.5. The molecule has 1 aliphatic rings. The van der Waals surface area contributed by atoms with Crippen molar-refractivity contribution in [2.24, 2.45) is 11.1 Å². The second-order valence-electron chi connectivity index (χ2n) is 4.79. The van der Waals surface area contributed by atoms with E-state index in [0.29, 0.717) is 11.5 Å². The first-order chi connectivity index (χ1) is 8.65. The van der Waals surface area contributed by atoms with Gasteiger partial charge in [-0.2, -0.15) is 11.3 Å². The number of nitrogens with two attached hydrogens (primary N) is 1. The fourth-order valence-corrected chi connectivity index (χ4v) is 3.49. The van der Waals surface area contributed by atoms with E-state index in [1.165, 1.54) is 5.56 Å². The monoisotopic (exact) mass is 282 g/mol. The van der Waals surface area contributed by atoms with Gasteiger partial charge in [0.25, 0.3) is 0 Å². The van der Waals surface area contributed by atoms with E-state index in [1.54, 1.807) is 11.3 Å². The number of carbonyl (C=O) groups is 1. The largest absolute Gasteiger partial charge is 0.392 e. The molecule has 0 unspecified atom stereocenters. The molecule has 98 valence electrons. The third kappa shape index (κ3) is 2.72. The molecule has 1 amide bonds. The quantitative estimate of drug-likeness (QED) is 0.815. The molecule has 0 atom stereocenters. The maximum Gasteiger partial charge on any atom is 0.233 e. The third-order valence-electron chi connectivity index (χ3n) is 3.64. The summed E-state index contributed by atoms with van der Waals surface area (Å²) in [5.74, 6) is 0.0164. The summed E-state index contributed by atoms with van der Waals surface area (Å²) in [5.41, 5.74) is 6.45. The topological polar surface area (TPSA) is 55.1 Å². The number of carbonyl (C=O) groups excluding carboxylic acids is 1. The van der Waals surface area contributed by atoms with Crippen LogP contribution in [0.2, 0.25) is 0 Å². The van der Waals surface area contributed by atoms with E-state index in [-0.39, 0.29) is 5.91 Å². The molecule has 3 nitrogen and oxygen atoms in total. The molecule has 2 rings (SSSR count). The lowest BCUT2D eigenvalue weighted by molar-refractivity contribution is -0.127. The highest BCUT2D eigenvalue weighted by atomic mass is 32.1. The summed E-state index contributed by atoms with van der Waals surface area (Å²) in [5, 5.41) is 7.13. The second kappa shape index (κ2) is 5.80. The van der Waals surface area contributed by atoms with Crippen LogP contribution in [0.4, 0.5) is 0 Å². The van der Waals surface area contributed by atoms with Gasteiger partial charge in [-0.15, -0.1) is 0 Å². The Bertz CT molecular complexity index is 422. The summed E-state index contributed by atoms with van der Waals surface area (Å²) in [6.07, 6.45) is 4.53. The Morgan fingerprint density at radius 1 is 1.50 bits per heavy atom. The maximum atomic E-state index is 12.3. The highest BCUT2D eigenvalue weighted by molar-refractivity contribution is 7.80. The van der Waals surface area contributed by atoms with Crippen LogP contribution in [0.25, 0.3) is 0 Å². The van der Waals surface area contributed by atoms with Crippen LogP contribution < -0.4 is 11.1 Å². The van der Waals surface area contributed by atoms with Gasteiger partial charge < -0.3 is 11.1 Å². The molecule has 1 saturated carbocycles. The number of nitrogens with one attached hydrogen (secondary N) is 1. The number of thiocarbonyl (C=S) groups is 1. The summed E-state index contributed by atoms with van der Waals surface area (Å²) < 4.78 is 0. The van der Waals surface area contributed by atoms with Crippen molar-refractivity contribution in [3.63, 3.8) is 0 Å². The molecule has 0 aliphatic heterocycles. The lowest BCUT2D eigenvalue weighted by Crippen LogP contribution is -2.47. The zero-order valence-corrected chi connectivity index (χ0v) is 11.9. The van der Waals surface area contributed by atoms with Gasteiger partial charge in [0, 0.05) is 6.54 Å². The average Bonchev–Trinajstić information content (AvgIpc) is 3.00. The average molecular weight is 282 g/mol. The molecule has 1 aromatic rings. The van der Waals surface area contributed by atoms with E-state index >= 15 is 0 Å². The summed E-state index contributed by atoms with van der Waals surface area (Å²) >= 11 is 6.77. The van der Waals surface area contributed by atoms with E-state index in [1.807, 2.05) is 5.38 Å². The molecule has 5 heteroatoms. The first-order valence-electron chi connectivity index (χ1n) is 6.24. The van der Waals surface area contributed by atoms with Gasteiger partial charge in [0.1, 0.15) is 0 Å². The van der Waals surface area contributed by atoms with Gasteiger partial charge in [-0.1, -0.05) is 25.1 Å². The minimum absolute atomic E-state index is 0.0164. The number of hydrogen-bond acceptors (Lipinski definition) is 3. The normalized spacial score (nSPS) is 17.6. The molecule has 0 spiro atoms. The molecule has 0 bridgehead atoms.